The number of nitrogens with zero attached hydrogens (tertiary/aromatic N) is 1. The fourth-order valence-electron chi connectivity index (χ4n) is 2.02. The topological polar surface area (TPSA) is 62.2 Å². The van der Waals surface area contributed by atoms with Crippen LogP contribution in [0.5, 0.6) is 0 Å². The van der Waals surface area contributed by atoms with Crippen LogP contribution in [0.15, 0.2) is 24.4 Å². The van der Waals surface area contributed by atoms with Crippen molar-refractivity contribution in [3.8, 4) is 0 Å². The van der Waals surface area contributed by atoms with Gasteiger partial charge in [0.1, 0.15) is 5.69 Å². The maximum atomic E-state index is 11.8. The number of nitrogens with one attached hydrogen (secondary N) is 1. The van der Waals surface area contributed by atoms with Crippen molar-refractivity contribution in [1.29, 1.82) is 0 Å². The monoisotopic (exact) mass is 220 g/mol. The van der Waals surface area contributed by atoms with Gasteiger partial charge in [0, 0.05) is 6.20 Å². The van der Waals surface area contributed by atoms with Crippen molar-refractivity contribution in [3.63, 3.8) is 0 Å². The predicted molar refractivity (Wildman–Crippen MR) is 60.0 cm³/mol. The molecule has 1 aromatic heterocycles. The second-order valence-corrected chi connectivity index (χ2v) is 4.15. The van der Waals surface area contributed by atoms with E-state index in [1.165, 1.54) is 0 Å². The summed E-state index contributed by atoms with van der Waals surface area (Å²) in [6.07, 6.45) is 4.89. The maximum absolute atomic E-state index is 11.8. The molecule has 2 N–H and O–H groups in total. The molecule has 1 heterocycles. The number of rotatable bonds is 2. The van der Waals surface area contributed by atoms with E-state index in [4.69, 9.17) is 0 Å². The second kappa shape index (κ2) is 5.07. The molecule has 16 heavy (non-hydrogen) atoms. The Bertz CT molecular complexity index is 353. The molecule has 0 radical (unpaired) electrons. The van der Waals surface area contributed by atoms with Crippen LogP contribution in [0.25, 0.3) is 0 Å². The van der Waals surface area contributed by atoms with Crippen LogP contribution in [-0.4, -0.2) is 28.1 Å². The zero-order valence-corrected chi connectivity index (χ0v) is 9.10. The van der Waals surface area contributed by atoms with Crippen molar-refractivity contribution in [2.75, 3.05) is 0 Å². The Hall–Kier alpha value is -1.42. The zero-order valence-electron chi connectivity index (χ0n) is 9.10. The summed E-state index contributed by atoms with van der Waals surface area (Å²) in [6, 6.07) is 5.10. The van der Waals surface area contributed by atoms with Gasteiger partial charge in [-0.25, -0.2) is 0 Å². The molecular formula is C12H16N2O2. The van der Waals surface area contributed by atoms with E-state index < -0.39 is 6.10 Å². The Kier molecular flexibility index (Phi) is 3.51. The fourth-order valence-corrected chi connectivity index (χ4v) is 2.02. The molecule has 1 unspecified atom stereocenters. The van der Waals surface area contributed by atoms with E-state index in [1.807, 2.05) is 0 Å². The van der Waals surface area contributed by atoms with Crippen molar-refractivity contribution < 1.29 is 9.90 Å². The zero-order chi connectivity index (χ0) is 11.4. The highest BCUT2D eigenvalue weighted by atomic mass is 16.3. The average molecular weight is 220 g/mol. The third-order valence-electron chi connectivity index (χ3n) is 2.94. The molecule has 0 aliphatic heterocycles. The number of aliphatic hydroxyl groups is 1. The number of carbonyl (C=O) groups is 1. The first-order valence-electron chi connectivity index (χ1n) is 5.67. The molecule has 1 amide bonds. The Morgan fingerprint density at radius 3 is 2.88 bits per heavy atom. The van der Waals surface area contributed by atoms with Crippen molar-refractivity contribution in [1.82, 2.24) is 10.3 Å². The SMILES string of the molecule is O=C(NC1CCCC[C@@H]1O)c1ccccn1. The van der Waals surface area contributed by atoms with Gasteiger partial charge in [0.25, 0.3) is 5.91 Å². The highest BCUT2D eigenvalue weighted by Crippen LogP contribution is 2.18. The van der Waals surface area contributed by atoms with Crippen LogP contribution < -0.4 is 5.32 Å². The molecule has 1 aliphatic rings. The van der Waals surface area contributed by atoms with Crippen molar-refractivity contribution in [2.24, 2.45) is 0 Å². The number of amides is 1. The first kappa shape index (κ1) is 11.1. The van der Waals surface area contributed by atoms with Gasteiger partial charge in [-0.2, -0.15) is 0 Å². The minimum absolute atomic E-state index is 0.122. The van der Waals surface area contributed by atoms with Gasteiger partial charge in [-0.15, -0.1) is 0 Å². The Labute approximate surface area is 94.7 Å². The highest BCUT2D eigenvalue weighted by Gasteiger charge is 2.24. The third-order valence-corrected chi connectivity index (χ3v) is 2.94. The van der Waals surface area contributed by atoms with Gasteiger partial charge in [-0.05, 0) is 25.0 Å². The van der Waals surface area contributed by atoms with Crippen LogP contribution in [0.3, 0.4) is 0 Å². The number of hydrogen-bond acceptors (Lipinski definition) is 3. The summed E-state index contributed by atoms with van der Waals surface area (Å²) < 4.78 is 0. The van der Waals surface area contributed by atoms with Crippen LogP contribution in [0, 0.1) is 0 Å². The molecule has 2 atom stereocenters. The van der Waals surface area contributed by atoms with E-state index in [2.05, 4.69) is 10.3 Å². The van der Waals surface area contributed by atoms with E-state index in [0.717, 1.165) is 25.7 Å². The van der Waals surface area contributed by atoms with Crippen LogP contribution in [0.1, 0.15) is 36.2 Å². The molecule has 1 aliphatic carbocycles. The normalized spacial score (nSPS) is 25.1. The second-order valence-electron chi connectivity index (χ2n) is 4.15. The quantitative estimate of drug-likeness (QED) is 0.785. The number of aromatic nitrogens is 1. The summed E-state index contributed by atoms with van der Waals surface area (Å²) in [6.45, 7) is 0. The molecular weight excluding hydrogens is 204 g/mol. The van der Waals surface area contributed by atoms with Crippen molar-refractivity contribution >= 4 is 5.91 Å². The standard InChI is InChI=1S/C12H16N2O2/c15-11-7-2-1-5-9(11)14-12(16)10-6-3-4-8-13-10/h3-4,6,8-9,11,15H,1-2,5,7H2,(H,14,16)/t9?,11-/m0/s1. The first-order chi connectivity index (χ1) is 7.77. The summed E-state index contributed by atoms with van der Waals surface area (Å²) in [4.78, 5) is 15.7. The van der Waals surface area contributed by atoms with Crippen molar-refractivity contribution in [2.45, 2.75) is 37.8 Å². The number of pyridine rings is 1. The molecule has 1 saturated carbocycles. The van der Waals surface area contributed by atoms with Gasteiger partial charge in [0.15, 0.2) is 0 Å². The van der Waals surface area contributed by atoms with Crippen LogP contribution in [0.2, 0.25) is 0 Å². The fraction of sp³-hybridized carbons (Fsp3) is 0.500. The summed E-state index contributed by atoms with van der Waals surface area (Å²) in [5.74, 6) is -0.202. The minimum Gasteiger partial charge on any atom is -0.391 e. The van der Waals surface area contributed by atoms with E-state index in [-0.39, 0.29) is 11.9 Å². The van der Waals surface area contributed by atoms with Crippen LogP contribution >= 0.6 is 0 Å². The number of hydrogen-bond donors (Lipinski definition) is 2. The summed E-state index contributed by atoms with van der Waals surface area (Å²) in [5, 5.41) is 12.6. The largest absolute Gasteiger partial charge is 0.391 e. The summed E-state index contributed by atoms with van der Waals surface area (Å²) >= 11 is 0. The number of carbonyl (C=O) groups excluding carboxylic acids is 1. The van der Waals surface area contributed by atoms with Gasteiger partial charge in [-0.1, -0.05) is 18.9 Å². The molecule has 2 rings (SSSR count). The molecule has 4 heteroatoms. The predicted octanol–water partition coefficient (Wildman–Crippen LogP) is 1.11. The highest BCUT2D eigenvalue weighted by molar-refractivity contribution is 5.92. The number of aliphatic hydroxyl groups excluding tert-OH is 1. The molecule has 0 aromatic carbocycles. The molecule has 1 aromatic rings. The van der Waals surface area contributed by atoms with E-state index in [0.29, 0.717) is 5.69 Å². The lowest BCUT2D eigenvalue weighted by Gasteiger charge is -2.28. The van der Waals surface area contributed by atoms with Gasteiger partial charge >= 0.3 is 0 Å². The third kappa shape index (κ3) is 2.58. The lowest BCUT2D eigenvalue weighted by atomic mass is 9.92. The maximum Gasteiger partial charge on any atom is 0.270 e. The molecule has 4 nitrogen and oxygen atoms in total. The molecule has 0 bridgehead atoms. The van der Waals surface area contributed by atoms with Gasteiger partial charge in [0.05, 0.1) is 12.1 Å². The van der Waals surface area contributed by atoms with Crippen LogP contribution in [0.4, 0.5) is 0 Å². The van der Waals surface area contributed by atoms with E-state index >= 15 is 0 Å². The molecule has 0 saturated heterocycles. The van der Waals surface area contributed by atoms with E-state index in [9.17, 15) is 9.90 Å². The lowest BCUT2D eigenvalue weighted by molar-refractivity contribution is 0.0714. The van der Waals surface area contributed by atoms with Gasteiger partial charge in [0.2, 0.25) is 0 Å². The lowest BCUT2D eigenvalue weighted by Crippen LogP contribution is -2.45. The first-order valence-corrected chi connectivity index (χ1v) is 5.67. The smallest absolute Gasteiger partial charge is 0.270 e. The summed E-state index contributed by atoms with van der Waals surface area (Å²) in [5.41, 5.74) is 0.403. The van der Waals surface area contributed by atoms with E-state index in [1.54, 1.807) is 24.4 Å². The van der Waals surface area contributed by atoms with Gasteiger partial charge in [-0.3, -0.25) is 9.78 Å². The van der Waals surface area contributed by atoms with Gasteiger partial charge < -0.3 is 10.4 Å². The minimum atomic E-state index is -0.415. The summed E-state index contributed by atoms with van der Waals surface area (Å²) in [7, 11) is 0. The van der Waals surface area contributed by atoms with Crippen LogP contribution in [-0.2, 0) is 0 Å². The molecule has 86 valence electrons. The molecule has 1 fully saturated rings. The Morgan fingerprint density at radius 1 is 1.38 bits per heavy atom. The molecule has 0 spiro atoms. The Morgan fingerprint density at radius 2 is 2.19 bits per heavy atom. The van der Waals surface area contributed by atoms with Crippen molar-refractivity contribution in [3.05, 3.63) is 30.1 Å². The Balaban J connectivity index is 1.96. The average Bonchev–Trinajstić information content (AvgIpc) is 2.33.